The standard InChI is InChI=1S/C27H33N5O2/c1-8-31(9-2)22-15-14-20(18-12-10-11-13-19(18)22)28-23-24(27(4,5)6)30-32-25(23)29-21(16-34-7)17(3)26(32)33/h10-15H,8-9,16H2,1-7H3/b28-23-. The molecule has 2 heterocycles. The zero-order chi connectivity index (χ0) is 24.6. The van der Waals surface area contributed by atoms with Gasteiger partial charge < -0.3 is 9.64 Å². The highest BCUT2D eigenvalue weighted by Gasteiger charge is 2.35. The predicted octanol–water partition coefficient (Wildman–Crippen LogP) is 5.08. The SMILES string of the molecule is CCN(CC)c1ccc(/N=C2/C(C(C)(C)C)=Nn3c2nc(COC)c(C)c3=O)c2ccccc12. The van der Waals surface area contributed by atoms with Gasteiger partial charge in [-0.05, 0) is 32.9 Å². The molecule has 1 aromatic heterocycles. The first-order valence-corrected chi connectivity index (χ1v) is 11.8. The number of benzene rings is 2. The topological polar surface area (TPSA) is 72.1 Å². The molecule has 4 rings (SSSR count). The Hall–Kier alpha value is -3.32. The number of methoxy groups -OCH3 is 1. The molecule has 1 aliphatic heterocycles. The summed E-state index contributed by atoms with van der Waals surface area (Å²) in [6.45, 7) is 14.4. The second-order valence-electron chi connectivity index (χ2n) is 9.54. The van der Waals surface area contributed by atoms with Gasteiger partial charge >= 0.3 is 0 Å². The van der Waals surface area contributed by atoms with Crippen LogP contribution in [0.15, 0.2) is 51.3 Å². The van der Waals surface area contributed by atoms with Crippen LogP contribution < -0.4 is 10.5 Å². The van der Waals surface area contributed by atoms with Gasteiger partial charge in [0.25, 0.3) is 5.56 Å². The zero-order valence-electron chi connectivity index (χ0n) is 21.1. The van der Waals surface area contributed by atoms with E-state index in [2.05, 4.69) is 63.8 Å². The summed E-state index contributed by atoms with van der Waals surface area (Å²) in [6, 6.07) is 12.5. The number of hydrogen-bond acceptors (Lipinski definition) is 6. The van der Waals surface area contributed by atoms with Crippen molar-refractivity contribution in [1.82, 2.24) is 9.66 Å². The van der Waals surface area contributed by atoms with Gasteiger partial charge in [0.05, 0.1) is 23.7 Å². The minimum atomic E-state index is -0.328. The number of nitrogens with zero attached hydrogens (tertiary/aromatic N) is 5. The molecule has 0 aliphatic carbocycles. The highest BCUT2D eigenvalue weighted by Crippen LogP contribution is 2.35. The summed E-state index contributed by atoms with van der Waals surface area (Å²) < 4.78 is 6.68. The Kier molecular flexibility index (Phi) is 6.41. The van der Waals surface area contributed by atoms with Gasteiger partial charge in [-0.15, -0.1) is 0 Å². The second-order valence-corrected chi connectivity index (χ2v) is 9.54. The van der Waals surface area contributed by atoms with Gasteiger partial charge in [0, 0.05) is 47.6 Å². The first-order valence-electron chi connectivity index (χ1n) is 11.8. The van der Waals surface area contributed by atoms with Crippen molar-refractivity contribution < 1.29 is 4.74 Å². The predicted molar refractivity (Wildman–Crippen MR) is 140 cm³/mol. The normalized spacial score (nSPS) is 14.6. The minimum absolute atomic E-state index is 0.189. The monoisotopic (exact) mass is 459 g/mol. The van der Waals surface area contributed by atoms with E-state index in [1.54, 1.807) is 14.0 Å². The van der Waals surface area contributed by atoms with Gasteiger partial charge in [0.2, 0.25) is 0 Å². The first kappa shape index (κ1) is 23.8. The highest BCUT2D eigenvalue weighted by molar-refractivity contribution is 6.50. The lowest BCUT2D eigenvalue weighted by Gasteiger charge is -2.23. The van der Waals surface area contributed by atoms with Gasteiger partial charge in [0.15, 0.2) is 5.82 Å². The molecule has 7 nitrogen and oxygen atoms in total. The fourth-order valence-corrected chi connectivity index (χ4v) is 4.35. The molecule has 0 radical (unpaired) electrons. The third-order valence-corrected chi connectivity index (χ3v) is 6.23. The Morgan fingerprint density at radius 2 is 1.74 bits per heavy atom. The highest BCUT2D eigenvalue weighted by atomic mass is 16.5. The van der Waals surface area contributed by atoms with Gasteiger partial charge in [-0.3, -0.25) is 4.79 Å². The fourth-order valence-electron chi connectivity index (χ4n) is 4.35. The molecule has 7 heteroatoms. The summed E-state index contributed by atoms with van der Waals surface area (Å²) in [7, 11) is 1.60. The molecule has 0 spiro atoms. The zero-order valence-corrected chi connectivity index (χ0v) is 21.1. The number of aliphatic imine (C=N–C) groups is 1. The summed E-state index contributed by atoms with van der Waals surface area (Å²) in [5, 5.41) is 6.89. The number of anilines is 1. The van der Waals surface area contributed by atoms with Crippen molar-refractivity contribution in [3.05, 3.63) is 63.8 Å². The minimum Gasteiger partial charge on any atom is -0.378 e. The molecule has 0 saturated heterocycles. The largest absolute Gasteiger partial charge is 0.378 e. The lowest BCUT2D eigenvalue weighted by molar-refractivity contribution is 0.180. The number of fused-ring (bicyclic) bond motifs is 2. The van der Waals surface area contributed by atoms with E-state index in [-0.39, 0.29) is 17.6 Å². The van der Waals surface area contributed by atoms with Crippen LogP contribution in [0, 0.1) is 12.3 Å². The third kappa shape index (κ3) is 4.05. The number of hydrogen-bond donors (Lipinski definition) is 0. The molecule has 0 bridgehead atoms. The van der Waals surface area contributed by atoms with E-state index in [1.165, 1.54) is 10.4 Å². The molecule has 178 valence electrons. The maximum atomic E-state index is 13.1. The Labute approximate surface area is 200 Å². The molecule has 1 aliphatic rings. The van der Waals surface area contributed by atoms with E-state index in [9.17, 15) is 4.79 Å². The molecule has 34 heavy (non-hydrogen) atoms. The van der Waals surface area contributed by atoms with Crippen LogP contribution in [0.5, 0.6) is 0 Å². The first-order chi connectivity index (χ1) is 16.2. The third-order valence-electron chi connectivity index (χ3n) is 6.23. The van der Waals surface area contributed by atoms with E-state index >= 15 is 0 Å². The summed E-state index contributed by atoms with van der Waals surface area (Å²) in [5.74, 6) is 0.462. The average molecular weight is 460 g/mol. The Morgan fingerprint density at radius 1 is 1.06 bits per heavy atom. The van der Waals surface area contributed by atoms with Crippen LogP contribution >= 0.6 is 0 Å². The van der Waals surface area contributed by atoms with Crippen LogP contribution in [0.25, 0.3) is 10.8 Å². The molecule has 3 aromatic rings. The summed E-state index contributed by atoms with van der Waals surface area (Å²) in [5.41, 5.74) is 4.02. The molecule has 0 saturated carbocycles. The van der Waals surface area contributed by atoms with E-state index in [4.69, 9.17) is 19.8 Å². The van der Waals surface area contributed by atoms with Crippen molar-refractivity contribution in [3.63, 3.8) is 0 Å². The van der Waals surface area contributed by atoms with Crippen LogP contribution in [0.3, 0.4) is 0 Å². The fraction of sp³-hybridized carbons (Fsp3) is 0.407. The lowest BCUT2D eigenvalue weighted by Crippen LogP contribution is -2.28. The summed E-state index contributed by atoms with van der Waals surface area (Å²) in [6.07, 6.45) is 0. The average Bonchev–Trinajstić information content (AvgIpc) is 3.18. The lowest BCUT2D eigenvalue weighted by atomic mass is 9.87. The summed E-state index contributed by atoms with van der Waals surface area (Å²) >= 11 is 0. The number of ether oxygens (including phenoxy) is 1. The van der Waals surface area contributed by atoms with Crippen molar-refractivity contribution >= 4 is 33.6 Å². The second kappa shape index (κ2) is 9.14. The smallest absolute Gasteiger partial charge is 0.277 e. The van der Waals surface area contributed by atoms with Crippen LogP contribution in [-0.2, 0) is 11.3 Å². The van der Waals surface area contributed by atoms with Gasteiger partial charge in [-0.25, -0.2) is 9.98 Å². The summed E-state index contributed by atoms with van der Waals surface area (Å²) in [4.78, 5) is 25.4. The van der Waals surface area contributed by atoms with Crippen LogP contribution in [-0.4, -0.2) is 41.3 Å². The van der Waals surface area contributed by atoms with E-state index < -0.39 is 0 Å². The van der Waals surface area contributed by atoms with Crippen molar-refractivity contribution in [3.8, 4) is 0 Å². The van der Waals surface area contributed by atoms with Gasteiger partial charge in [-0.1, -0.05) is 45.0 Å². The van der Waals surface area contributed by atoms with E-state index in [0.717, 1.165) is 35.3 Å². The Bertz CT molecular complexity index is 1360. The molecule has 0 atom stereocenters. The van der Waals surface area contributed by atoms with E-state index in [0.29, 0.717) is 22.8 Å². The van der Waals surface area contributed by atoms with Crippen LogP contribution in [0.2, 0.25) is 0 Å². The van der Waals surface area contributed by atoms with Gasteiger partial charge in [-0.2, -0.15) is 9.78 Å². The van der Waals surface area contributed by atoms with Gasteiger partial charge in [0.1, 0.15) is 5.71 Å². The Morgan fingerprint density at radius 3 is 2.35 bits per heavy atom. The molecule has 0 N–H and O–H groups in total. The molecular formula is C27H33N5O2. The van der Waals surface area contributed by atoms with Crippen LogP contribution in [0.1, 0.15) is 51.7 Å². The quantitative estimate of drug-likeness (QED) is 0.515. The van der Waals surface area contributed by atoms with Crippen molar-refractivity contribution in [2.24, 2.45) is 15.5 Å². The maximum Gasteiger partial charge on any atom is 0.277 e. The number of rotatable bonds is 6. The van der Waals surface area contributed by atoms with Crippen molar-refractivity contribution in [2.75, 3.05) is 25.1 Å². The molecule has 0 fully saturated rings. The van der Waals surface area contributed by atoms with Crippen LogP contribution in [0.4, 0.5) is 11.4 Å². The van der Waals surface area contributed by atoms with E-state index in [1.807, 2.05) is 12.1 Å². The Balaban J connectivity index is 1.98. The molecular weight excluding hydrogens is 426 g/mol. The molecule has 0 amide bonds. The van der Waals surface area contributed by atoms with Crippen molar-refractivity contribution in [2.45, 2.75) is 48.1 Å². The molecule has 2 aromatic carbocycles. The maximum absolute atomic E-state index is 13.1. The number of aromatic nitrogens is 2. The molecule has 0 unspecified atom stereocenters. The van der Waals surface area contributed by atoms with Crippen molar-refractivity contribution in [1.29, 1.82) is 0 Å².